The van der Waals surface area contributed by atoms with Crippen LogP contribution < -0.4 is 10.6 Å². The minimum atomic E-state index is -0.391. The predicted molar refractivity (Wildman–Crippen MR) is 104 cm³/mol. The highest BCUT2D eigenvalue weighted by Gasteiger charge is 2.10. The first-order valence-electron chi connectivity index (χ1n) is 8.13. The molecule has 136 valence electrons. The van der Waals surface area contributed by atoms with Gasteiger partial charge in [0.05, 0.1) is 6.54 Å². The molecular weight excluding hydrogens is 367 g/mol. The highest BCUT2D eigenvalue weighted by Crippen LogP contribution is 2.11. The maximum absolute atomic E-state index is 13.4. The van der Waals surface area contributed by atoms with E-state index in [4.69, 9.17) is 11.6 Å². The smallest absolute Gasteiger partial charge is 0.257 e. The summed E-state index contributed by atoms with van der Waals surface area (Å²) in [6, 6.07) is 16.0. The first-order chi connectivity index (χ1) is 13.1. The van der Waals surface area contributed by atoms with Gasteiger partial charge in [-0.15, -0.1) is 0 Å². The number of guanidine groups is 1. The number of rotatable bonds is 4. The van der Waals surface area contributed by atoms with Crippen LogP contribution in [-0.2, 0) is 6.54 Å². The lowest BCUT2D eigenvalue weighted by molar-refractivity contribution is 0.0977. The summed E-state index contributed by atoms with van der Waals surface area (Å²) < 4.78 is 13.4. The topological polar surface area (TPSA) is 66.4 Å². The van der Waals surface area contributed by atoms with Crippen LogP contribution in [0.15, 0.2) is 78.0 Å². The van der Waals surface area contributed by atoms with Crippen molar-refractivity contribution in [3.05, 3.63) is 95.0 Å². The molecule has 2 aromatic carbocycles. The number of halogens is 2. The summed E-state index contributed by atoms with van der Waals surface area (Å²) in [4.78, 5) is 20.8. The molecule has 1 heterocycles. The monoisotopic (exact) mass is 382 g/mol. The average Bonchev–Trinajstić information content (AvgIpc) is 2.67. The van der Waals surface area contributed by atoms with Gasteiger partial charge < -0.3 is 5.32 Å². The number of aromatic nitrogens is 1. The molecule has 1 aromatic heterocycles. The van der Waals surface area contributed by atoms with Gasteiger partial charge in [0, 0.05) is 28.7 Å². The minimum Gasteiger partial charge on any atom is -0.326 e. The van der Waals surface area contributed by atoms with Crippen LogP contribution in [0.1, 0.15) is 15.9 Å². The molecule has 0 radical (unpaired) electrons. The van der Waals surface area contributed by atoms with Crippen LogP contribution in [0.25, 0.3) is 0 Å². The van der Waals surface area contributed by atoms with Gasteiger partial charge in [-0.25, -0.2) is 9.38 Å². The quantitative estimate of drug-likeness (QED) is 0.523. The molecule has 0 aliphatic rings. The van der Waals surface area contributed by atoms with Crippen molar-refractivity contribution in [3.8, 4) is 0 Å². The van der Waals surface area contributed by atoms with Gasteiger partial charge in [0.2, 0.25) is 5.96 Å². The van der Waals surface area contributed by atoms with Crippen molar-refractivity contribution in [1.82, 2.24) is 10.3 Å². The van der Waals surface area contributed by atoms with Crippen molar-refractivity contribution in [2.45, 2.75) is 6.54 Å². The second kappa shape index (κ2) is 8.91. The van der Waals surface area contributed by atoms with Gasteiger partial charge >= 0.3 is 0 Å². The maximum atomic E-state index is 13.4. The number of aliphatic imine (C=N–C) groups is 1. The molecule has 3 aromatic rings. The lowest BCUT2D eigenvalue weighted by atomic mass is 10.2. The third kappa shape index (κ3) is 5.62. The van der Waals surface area contributed by atoms with E-state index < -0.39 is 5.82 Å². The molecular formula is C20H16ClFN4O. The van der Waals surface area contributed by atoms with Crippen molar-refractivity contribution in [3.63, 3.8) is 0 Å². The first-order valence-corrected chi connectivity index (χ1v) is 8.51. The summed E-state index contributed by atoms with van der Waals surface area (Å²) in [5, 5.41) is 6.19. The number of nitrogens with zero attached hydrogens (tertiary/aromatic N) is 2. The summed E-state index contributed by atoms with van der Waals surface area (Å²) in [6.07, 6.45) is 3.33. The Morgan fingerprint density at radius 1 is 1.07 bits per heavy atom. The summed E-state index contributed by atoms with van der Waals surface area (Å²) in [5.41, 5.74) is 1.82. The zero-order valence-electron chi connectivity index (χ0n) is 14.2. The molecule has 5 nitrogen and oxygen atoms in total. The molecule has 0 unspecified atom stereocenters. The maximum Gasteiger partial charge on any atom is 0.257 e. The van der Waals surface area contributed by atoms with Crippen molar-refractivity contribution in [2.75, 3.05) is 5.32 Å². The highest BCUT2D eigenvalue weighted by molar-refractivity contribution is 6.30. The lowest BCUT2D eigenvalue weighted by Crippen LogP contribution is -2.36. The predicted octanol–water partition coefficient (Wildman–Crippen LogP) is 4.27. The van der Waals surface area contributed by atoms with Gasteiger partial charge in [-0.2, -0.15) is 0 Å². The van der Waals surface area contributed by atoms with Gasteiger partial charge in [-0.3, -0.25) is 15.1 Å². The van der Waals surface area contributed by atoms with Crippen molar-refractivity contribution in [2.24, 2.45) is 4.99 Å². The van der Waals surface area contributed by atoms with Gasteiger partial charge in [-0.05, 0) is 60.2 Å². The van der Waals surface area contributed by atoms with E-state index in [9.17, 15) is 9.18 Å². The number of carbonyl (C=O) groups is 1. The third-order valence-electron chi connectivity index (χ3n) is 3.59. The molecule has 2 N–H and O–H groups in total. The standard InChI is InChI=1S/C20H16ClFN4O/c21-16-6-4-15(5-7-16)19(27)26-20(24-13-14-8-10-23-11-9-14)25-18-3-1-2-17(22)12-18/h1-12H,13H2,(H2,24,25,26,27). The molecule has 0 aliphatic heterocycles. The minimum absolute atomic E-state index is 0.206. The summed E-state index contributed by atoms with van der Waals surface area (Å²) >= 11 is 5.85. The van der Waals surface area contributed by atoms with Gasteiger partial charge in [0.25, 0.3) is 5.91 Å². The fourth-order valence-corrected chi connectivity index (χ4v) is 2.38. The number of hydrogen-bond acceptors (Lipinski definition) is 3. The number of carbonyl (C=O) groups excluding carboxylic acids is 1. The van der Waals surface area contributed by atoms with Crippen LogP contribution in [0.2, 0.25) is 5.02 Å². The van der Waals surface area contributed by atoms with Crippen LogP contribution in [0.3, 0.4) is 0 Å². The Balaban J connectivity index is 1.79. The Bertz CT molecular complexity index is 946. The van der Waals surface area contributed by atoms with E-state index in [0.717, 1.165) is 5.56 Å². The number of pyridine rings is 1. The number of nitrogens with one attached hydrogen (secondary N) is 2. The number of hydrogen-bond donors (Lipinski definition) is 2. The van der Waals surface area contributed by atoms with E-state index in [0.29, 0.717) is 22.8 Å². The Labute approximate surface area is 160 Å². The molecule has 0 aliphatic carbocycles. The lowest BCUT2D eigenvalue weighted by Gasteiger charge is -2.12. The van der Waals surface area contributed by atoms with E-state index in [2.05, 4.69) is 20.6 Å². The molecule has 0 saturated carbocycles. The Kier molecular flexibility index (Phi) is 6.12. The molecule has 0 fully saturated rings. The van der Waals surface area contributed by atoms with Gasteiger partial charge in [0.1, 0.15) is 5.82 Å². The number of amides is 1. The van der Waals surface area contributed by atoms with Crippen molar-refractivity contribution < 1.29 is 9.18 Å². The number of benzene rings is 2. The zero-order valence-corrected chi connectivity index (χ0v) is 14.9. The molecule has 0 bridgehead atoms. The summed E-state index contributed by atoms with van der Waals surface area (Å²) in [6.45, 7) is 0.321. The van der Waals surface area contributed by atoms with E-state index in [-0.39, 0.29) is 11.9 Å². The largest absolute Gasteiger partial charge is 0.326 e. The second-order valence-electron chi connectivity index (χ2n) is 5.62. The Morgan fingerprint density at radius 3 is 2.52 bits per heavy atom. The van der Waals surface area contributed by atoms with E-state index >= 15 is 0 Å². The highest BCUT2D eigenvalue weighted by atomic mass is 35.5. The zero-order chi connectivity index (χ0) is 19.1. The van der Waals surface area contributed by atoms with E-state index in [1.54, 1.807) is 48.8 Å². The SMILES string of the molecule is O=C(NC(=NCc1ccncc1)Nc1cccc(F)c1)c1ccc(Cl)cc1. The molecule has 7 heteroatoms. The Morgan fingerprint density at radius 2 is 1.81 bits per heavy atom. The van der Waals surface area contributed by atoms with E-state index in [1.165, 1.54) is 12.1 Å². The second-order valence-corrected chi connectivity index (χ2v) is 6.05. The molecule has 27 heavy (non-hydrogen) atoms. The van der Waals surface area contributed by atoms with Crippen molar-refractivity contribution in [1.29, 1.82) is 0 Å². The molecule has 3 rings (SSSR count). The third-order valence-corrected chi connectivity index (χ3v) is 3.85. The van der Waals surface area contributed by atoms with Crippen LogP contribution in [0, 0.1) is 5.82 Å². The molecule has 0 saturated heterocycles. The molecule has 1 amide bonds. The fraction of sp³-hybridized carbons (Fsp3) is 0.0500. The van der Waals surface area contributed by atoms with Crippen LogP contribution >= 0.6 is 11.6 Å². The fourth-order valence-electron chi connectivity index (χ4n) is 2.25. The Hall–Kier alpha value is -3.25. The van der Waals surface area contributed by atoms with E-state index in [1.807, 2.05) is 12.1 Å². The average molecular weight is 383 g/mol. The van der Waals surface area contributed by atoms with Crippen LogP contribution in [0.5, 0.6) is 0 Å². The van der Waals surface area contributed by atoms with Crippen molar-refractivity contribution >= 4 is 29.2 Å². The van der Waals surface area contributed by atoms with Crippen LogP contribution in [0.4, 0.5) is 10.1 Å². The van der Waals surface area contributed by atoms with Crippen LogP contribution in [-0.4, -0.2) is 16.9 Å². The first kappa shape index (κ1) is 18.5. The number of anilines is 1. The van der Waals surface area contributed by atoms with Gasteiger partial charge in [-0.1, -0.05) is 17.7 Å². The normalized spacial score (nSPS) is 11.1. The summed E-state index contributed by atoms with van der Waals surface area (Å²) in [7, 11) is 0. The van der Waals surface area contributed by atoms with Gasteiger partial charge in [0.15, 0.2) is 0 Å². The molecule has 0 atom stereocenters. The molecule has 0 spiro atoms. The summed E-state index contributed by atoms with van der Waals surface area (Å²) in [5.74, 6) is -0.543.